The zero-order valence-electron chi connectivity index (χ0n) is 13.2. The highest BCUT2D eigenvalue weighted by Gasteiger charge is 2.03. The largest absolute Gasteiger partial charge is 0.311 e. The Morgan fingerprint density at radius 3 is 2.57 bits per heavy atom. The molecule has 2 N–H and O–H groups in total. The van der Waals surface area contributed by atoms with Gasteiger partial charge in [-0.3, -0.25) is 14.8 Å². The Balaban J connectivity index is 2.22. The molecule has 0 aliphatic carbocycles. The van der Waals surface area contributed by atoms with Crippen LogP contribution in [0.4, 0.5) is 0 Å². The van der Waals surface area contributed by atoms with Crippen LogP contribution in [-0.4, -0.2) is 15.7 Å². The molecule has 0 unspecified atom stereocenters. The average molecular weight is 312 g/mol. The van der Waals surface area contributed by atoms with Crippen LogP contribution in [0.3, 0.4) is 0 Å². The summed E-state index contributed by atoms with van der Waals surface area (Å²) in [6.45, 7) is 4.74. The molecule has 0 aliphatic heterocycles. The number of nitrogens with zero attached hydrogens (tertiary/aromatic N) is 1. The number of amides is 1. The van der Waals surface area contributed by atoms with Crippen molar-refractivity contribution in [2.45, 2.75) is 26.3 Å². The summed E-state index contributed by atoms with van der Waals surface area (Å²) in [5.41, 5.74) is 3.97. The maximum absolute atomic E-state index is 12.4. The fourth-order valence-electron chi connectivity index (χ4n) is 2.21. The van der Waals surface area contributed by atoms with E-state index in [1.165, 1.54) is 17.1 Å². The third kappa shape index (κ3) is 4.40. The van der Waals surface area contributed by atoms with Crippen molar-refractivity contribution >= 4 is 12.0 Å². The molecule has 2 rings (SSSR count). The summed E-state index contributed by atoms with van der Waals surface area (Å²) in [6.07, 6.45) is 4.20. The molecule has 0 spiro atoms. The van der Waals surface area contributed by atoms with E-state index in [0.717, 1.165) is 11.6 Å². The summed E-state index contributed by atoms with van der Waals surface area (Å²) in [6, 6.07) is 11.6. The van der Waals surface area contributed by atoms with E-state index in [1.54, 1.807) is 22.9 Å². The lowest BCUT2D eigenvalue weighted by molar-refractivity contribution is -0.124. The molecule has 0 radical (unpaired) electrons. The fraction of sp³-hybridized carbons (Fsp3) is 0.222. The highest BCUT2D eigenvalue weighted by atomic mass is 16.5. The van der Waals surface area contributed by atoms with E-state index in [0.29, 0.717) is 18.0 Å². The second kappa shape index (κ2) is 7.56. The van der Waals surface area contributed by atoms with Gasteiger partial charge >= 0.3 is 0 Å². The molecule has 2 aromatic rings. The number of nitrogens with one attached hydrogen (secondary N) is 1. The van der Waals surface area contributed by atoms with Gasteiger partial charge in [-0.1, -0.05) is 38.1 Å². The maximum Gasteiger partial charge on any atom is 0.267 e. The highest BCUT2D eigenvalue weighted by Crippen LogP contribution is 2.15. The molecule has 0 atom stereocenters. The van der Waals surface area contributed by atoms with Crippen LogP contribution in [0.25, 0.3) is 6.08 Å². The predicted octanol–water partition coefficient (Wildman–Crippen LogP) is 2.54. The van der Waals surface area contributed by atoms with E-state index in [9.17, 15) is 9.59 Å². The lowest BCUT2D eigenvalue weighted by Gasteiger charge is -2.09. The average Bonchev–Trinajstić information content (AvgIpc) is 2.55. The number of hydrogen-bond acceptors (Lipinski definition) is 3. The molecule has 1 amide bonds. The Hall–Kier alpha value is -2.66. The van der Waals surface area contributed by atoms with Crippen LogP contribution >= 0.6 is 0 Å². The van der Waals surface area contributed by atoms with Gasteiger partial charge in [0.25, 0.3) is 11.5 Å². The standard InChI is InChI=1S/C18H20N2O3/c1-13(2)15-7-5-14(6-8-15)12-20-11-3-4-16(18(20)22)9-10-17(21)19-23/h3-11,13,23H,12H2,1-2H3,(H,19,21)/b10-9+. The molecule has 23 heavy (non-hydrogen) atoms. The lowest BCUT2D eigenvalue weighted by Crippen LogP contribution is -2.22. The third-order valence-corrected chi connectivity index (χ3v) is 3.57. The highest BCUT2D eigenvalue weighted by molar-refractivity contribution is 5.90. The Morgan fingerprint density at radius 2 is 1.96 bits per heavy atom. The van der Waals surface area contributed by atoms with E-state index in [-0.39, 0.29) is 5.56 Å². The third-order valence-electron chi connectivity index (χ3n) is 3.57. The Labute approximate surface area is 134 Å². The van der Waals surface area contributed by atoms with Gasteiger partial charge in [-0.2, -0.15) is 0 Å². The summed E-state index contributed by atoms with van der Waals surface area (Å²) in [4.78, 5) is 23.4. The monoisotopic (exact) mass is 312 g/mol. The number of carbonyl (C=O) groups is 1. The molecule has 120 valence electrons. The minimum Gasteiger partial charge on any atom is -0.311 e. The van der Waals surface area contributed by atoms with Crippen molar-refractivity contribution in [2.75, 3.05) is 0 Å². The lowest BCUT2D eigenvalue weighted by atomic mass is 10.0. The van der Waals surface area contributed by atoms with Crippen LogP contribution in [0, 0.1) is 0 Å². The Bertz CT molecular complexity index is 759. The van der Waals surface area contributed by atoms with E-state index < -0.39 is 5.91 Å². The van der Waals surface area contributed by atoms with Crippen molar-refractivity contribution in [1.82, 2.24) is 10.0 Å². The molecule has 0 fully saturated rings. The first-order valence-corrected chi connectivity index (χ1v) is 7.41. The maximum atomic E-state index is 12.4. The number of pyridine rings is 1. The number of aromatic nitrogens is 1. The van der Waals surface area contributed by atoms with Crippen LogP contribution < -0.4 is 11.0 Å². The predicted molar refractivity (Wildman–Crippen MR) is 89.3 cm³/mol. The number of carbonyl (C=O) groups excluding carboxylic acids is 1. The Morgan fingerprint density at radius 1 is 1.26 bits per heavy atom. The number of benzene rings is 1. The van der Waals surface area contributed by atoms with Crippen LogP contribution in [0.1, 0.15) is 36.5 Å². The van der Waals surface area contributed by atoms with Gasteiger partial charge in [0, 0.05) is 17.8 Å². The number of hydrogen-bond donors (Lipinski definition) is 2. The summed E-state index contributed by atoms with van der Waals surface area (Å²) >= 11 is 0. The van der Waals surface area contributed by atoms with Gasteiger partial charge in [0.15, 0.2) is 0 Å². The van der Waals surface area contributed by atoms with Gasteiger partial charge in [-0.05, 0) is 35.3 Å². The first-order chi connectivity index (χ1) is 11.0. The molecule has 0 saturated carbocycles. The zero-order valence-corrected chi connectivity index (χ0v) is 13.2. The van der Waals surface area contributed by atoms with Crippen molar-refractivity contribution in [3.8, 4) is 0 Å². The van der Waals surface area contributed by atoms with E-state index in [1.807, 2.05) is 12.1 Å². The van der Waals surface area contributed by atoms with Gasteiger partial charge in [0.05, 0.1) is 6.54 Å². The molecular weight excluding hydrogens is 292 g/mol. The first-order valence-electron chi connectivity index (χ1n) is 7.41. The Kier molecular flexibility index (Phi) is 5.49. The molecule has 5 nitrogen and oxygen atoms in total. The SMILES string of the molecule is CC(C)c1ccc(Cn2cccc(/C=C/C(=O)NO)c2=O)cc1. The van der Waals surface area contributed by atoms with Crippen molar-refractivity contribution in [3.63, 3.8) is 0 Å². The zero-order chi connectivity index (χ0) is 16.8. The van der Waals surface area contributed by atoms with Gasteiger partial charge in [0.1, 0.15) is 0 Å². The quantitative estimate of drug-likeness (QED) is 0.506. The van der Waals surface area contributed by atoms with Gasteiger partial charge < -0.3 is 4.57 Å². The van der Waals surface area contributed by atoms with Gasteiger partial charge in [-0.25, -0.2) is 5.48 Å². The van der Waals surface area contributed by atoms with Crippen LogP contribution in [0.2, 0.25) is 0 Å². The number of rotatable bonds is 5. The van der Waals surface area contributed by atoms with Crippen molar-refractivity contribution < 1.29 is 10.0 Å². The van der Waals surface area contributed by atoms with Crippen LogP contribution in [-0.2, 0) is 11.3 Å². The van der Waals surface area contributed by atoms with E-state index in [2.05, 4.69) is 26.0 Å². The molecule has 1 aromatic heterocycles. The van der Waals surface area contributed by atoms with Crippen LogP contribution in [0.5, 0.6) is 0 Å². The van der Waals surface area contributed by atoms with E-state index >= 15 is 0 Å². The summed E-state index contributed by atoms with van der Waals surface area (Å²) < 4.78 is 1.58. The molecular formula is C18H20N2O3. The molecule has 0 bridgehead atoms. The van der Waals surface area contributed by atoms with E-state index in [4.69, 9.17) is 5.21 Å². The van der Waals surface area contributed by atoms with Crippen molar-refractivity contribution in [1.29, 1.82) is 0 Å². The summed E-state index contributed by atoms with van der Waals surface area (Å²) in [7, 11) is 0. The topological polar surface area (TPSA) is 71.3 Å². The molecule has 0 saturated heterocycles. The van der Waals surface area contributed by atoms with Gasteiger partial charge in [-0.15, -0.1) is 0 Å². The first kappa shape index (κ1) is 16.7. The van der Waals surface area contributed by atoms with Crippen molar-refractivity contribution in [3.05, 3.63) is 75.7 Å². The second-order valence-corrected chi connectivity index (χ2v) is 5.60. The van der Waals surface area contributed by atoms with Crippen LogP contribution in [0.15, 0.2) is 53.5 Å². The molecule has 0 aliphatic rings. The van der Waals surface area contributed by atoms with Crippen molar-refractivity contribution in [2.24, 2.45) is 0 Å². The normalized spacial score (nSPS) is 11.1. The fourth-order valence-corrected chi connectivity index (χ4v) is 2.21. The second-order valence-electron chi connectivity index (χ2n) is 5.60. The minimum atomic E-state index is -0.677. The minimum absolute atomic E-state index is 0.192. The molecule has 1 aromatic carbocycles. The smallest absolute Gasteiger partial charge is 0.267 e. The summed E-state index contributed by atoms with van der Waals surface area (Å²) in [5.74, 6) is -0.206. The number of hydroxylamine groups is 1. The van der Waals surface area contributed by atoms with Gasteiger partial charge in [0.2, 0.25) is 0 Å². The summed E-state index contributed by atoms with van der Waals surface area (Å²) in [5, 5.41) is 8.46. The molecule has 5 heteroatoms. The molecule has 1 heterocycles.